The van der Waals surface area contributed by atoms with Gasteiger partial charge < -0.3 is 5.32 Å². The first-order valence-electron chi connectivity index (χ1n) is 6.39. The third-order valence-corrected chi connectivity index (χ3v) is 3.83. The molecule has 1 saturated heterocycles. The predicted octanol–water partition coefficient (Wildman–Crippen LogP) is 1.35. The molecule has 0 radical (unpaired) electrons. The Balaban J connectivity index is 1.81. The quantitative estimate of drug-likeness (QED) is 0.606. The molecular formula is C14H15IN2O3. The van der Waals surface area contributed by atoms with Crippen molar-refractivity contribution in [2.24, 2.45) is 5.92 Å². The fourth-order valence-electron chi connectivity index (χ4n) is 2.08. The number of piperidine rings is 1. The van der Waals surface area contributed by atoms with E-state index in [1.54, 1.807) is 0 Å². The summed E-state index contributed by atoms with van der Waals surface area (Å²) in [6, 6.07) is 7.85. The van der Waals surface area contributed by atoms with Gasteiger partial charge in [-0.3, -0.25) is 19.7 Å². The first-order chi connectivity index (χ1) is 9.54. The Morgan fingerprint density at radius 2 is 2.20 bits per heavy atom. The lowest BCUT2D eigenvalue weighted by Crippen LogP contribution is -2.42. The van der Waals surface area contributed by atoms with Gasteiger partial charge in [-0.05, 0) is 46.7 Å². The molecule has 1 aromatic carbocycles. The van der Waals surface area contributed by atoms with Gasteiger partial charge in [0.25, 0.3) is 0 Å². The summed E-state index contributed by atoms with van der Waals surface area (Å²) in [5.74, 6) is -1.17. The van der Waals surface area contributed by atoms with Crippen LogP contribution in [0.1, 0.15) is 24.8 Å². The highest BCUT2D eigenvalue weighted by Gasteiger charge is 2.28. The summed E-state index contributed by atoms with van der Waals surface area (Å²) >= 11 is 2.21. The molecule has 1 heterocycles. The molecule has 1 fully saturated rings. The van der Waals surface area contributed by atoms with Crippen LogP contribution in [0.25, 0.3) is 0 Å². The van der Waals surface area contributed by atoms with Gasteiger partial charge >= 0.3 is 0 Å². The number of benzene rings is 1. The molecule has 106 valence electrons. The molecule has 0 aliphatic carbocycles. The maximum Gasteiger partial charge on any atom is 0.230 e. The highest BCUT2D eigenvalue weighted by molar-refractivity contribution is 14.1. The lowest BCUT2D eigenvalue weighted by atomic mass is 9.94. The van der Waals surface area contributed by atoms with E-state index in [1.165, 1.54) is 0 Å². The van der Waals surface area contributed by atoms with Gasteiger partial charge in [-0.2, -0.15) is 0 Å². The Morgan fingerprint density at radius 3 is 2.90 bits per heavy atom. The van der Waals surface area contributed by atoms with E-state index in [2.05, 4.69) is 33.2 Å². The zero-order valence-corrected chi connectivity index (χ0v) is 13.0. The van der Waals surface area contributed by atoms with Crippen LogP contribution in [0.4, 0.5) is 0 Å². The summed E-state index contributed by atoms with van der Waals surface area (Å²) in [6.07, 6.45) is 0.880. The Bertz CT molecular complexity index is 545. The van der Waals surface area contributed by atoms with Gasteiger partial charge in [0, 0.05) is 28.9 Å². The first kappa shape index (κ1) is 15.0. The summed E-state index contributed by atoms with van der Waals surface area (Å²) in [5, 5.41) is 5.06. The van der Waals surface area contributed by atoms with Crippen molar-refractivity contribution in [3.8, 4) is 0 Å². The van der Waals surface area contributed by atoms with E-state index in [9.17, 15) is 14.4 Å². The summed E-state index contributed by atoms with van der Waals surface area (Å²) in [4.78, 5) is 34.4. The van der Waals surface area contributed by atoms with Crippen LogP contribution in [-0.2, 0) is 20.9 Å². The second-order valence-corrected chi connectivity index (χ2v) is 6.00. The van der Waals surface area contributed by atoms with Crippen LogP contribution < -0.4 is 10.6 Å². The number of carbonyl (C=O) groups is 3. The molecule has 3 amide bonds. The van der Waals surface area contributed by atoms with Crippen LogP contribution in [0, 0.1) is 9.49 Å². The number of imide groups is 1. The van der Waals surface area contributed by atoms with Crippen molar-refractivity contribution in [1.82, 2.24) is 10.6 Å². The van der Waals surface area contributed by atoms with E-state index in [1.807, 2.05) is 24.3 Å². The number of hydrogen-bond donors (Lipinski definition) is 2. The summed E-state index contributed by atoms with van der Waals surface area (Å²) < 4.78 is 1.11. The third-order valence-electron chi connectivity index (χ3n) is 3.16. The topological polar surface area (TPSA) is 75.3 Å². The van der Waals surface area contributed by atoms with Crippen molar-refractivity contribution < 1.29 is 14.4 Å². The lowest BCUT2D eigenvalue weighted by molar-refractivity contribution is -0.138. The Hall–Kier alpha value is -1.44. The van der Waals surface area contributed by atoms with Gasteiger partial charge in [0.1, 0.15) is 0 Å². The fraction of sp³-hybridized carbons (Fsp3) is 0.357. The van der Waals surface area contributed by atoms with Crippen molar-refractivity contribution in [1.29, 1.82) is 0 Å². The maximum atomic E-state index is 11.8. The van der Waals surface area contributed by atoms with E-state index in [-0.39, 0.29) is 24.1 Å². The average Bonchev–Trinajstić information content (AvgIpc) is 2.40. The Labute approximate surface area is 130 Å². The van der Waals surface area contributed by atoms with Crippen LogP contribution in [-0.4, -0.2) is 17.7 Å². The molecule has 5 nitrogen and oxygen atoms in total. The third kappa shape index (κ3) is 4.29. The van der Waals surface area contributed by atoms with Crippen LogP contribution in [0.5, 0.6) is 0 Å². The number of halogens is 1. The van der Waals surface area contributed by atoms with Gasteiger partial charge in [-0.15, -0.1) is 0 Å². The molecule has 1 aliphatic rings. The molecule has 0 saturated carbocycles. The minimum Gasteiger partial charge on any atom is -0.352 e. The number of carbonyl (C=O) groups excluding carboxylic acids is 3. The standard InChI is InChI=1S/C14H15IN2O3/c15-11-3-1-2-9(6-11)8-16-13(19)7-10-4-5-12(18)17-14(10)20/h1-3,6,10H,4-5,7-8H2,(H,16,19)(H,17,18,20). The van der Waals surface area contributed by atoms with Crippen LogP contribution in [0.2, 0.25) is 0 Å². The van der Waals surface area contributed by atoms with Crippen LogP contribution in [0.3, 0.4) is 0 Å². The highest BCUT2D eigenvalue weighted by atomic mass is 127. The van der Waals surface area contributed by atoms with Crippen molar-refractivity contribution >= 4 is 40.3 Å². The molecule has 1 aliphatic heterocycles. The van der Waals surface area contributed by atoms with Gasteiger partial charge in [-0.1, -0.05) is 12.1 Å². The first-order valence-corrected chi connectivity index (χ1v) is 7.47. The van der Waals surface area contributed by atoms with Gasteiger partial charge in [0.15, 0.2) is 0 Å². The number of amides is 3. The number of rotatable bonds is 4. The minimum absolute atomic E-state index is 0.128. The normalized spacial score (nSPS) is 18.6. The van der Waals surface area contributed by atoms with Crippen molar-refractivity contribution in [3.63, 3.8) is 0 Å². The zero-order valence-electron chi connectivity index (χ0n) is 10.8. The molecular weight excluding hydrogens is 371 g/mol. The lowest BCUT2D eigenvalue weighted by Gasteiger charge is -2.20. The number of hydrogen-bond acceptors (Lipinski definition) is 3. The average molecular weight is 386 g/mol. The van der Waals surface area contributed by atoms with Crippen molar-refractivity contribution in [3.05, 3.63) is 33.4 Å². The summed E-state index contributed by atoms with van der Waals surface area (Å²) in [7, 11) is 0. The summed E-state index contributed by atoms with van der Waals surface area (Å²) in [5.41, 5.74) is 1.02. The Morgan fingerprint density at radius 1 is 1.40 bits per heavy atom. The second-order valence-electron chi connectivity index (χ2n) is 4.76. The molecule has 1 atom stereocenters. The molecule has 0 spiro atoms. The van der Waals surface area contributed by atoms with Gasteiger partial charge in [0.05, 0.1) is 0 Å². The highest BCUT2D eigenvalue weighted by Crippen LogP contribution is 2.16. The van der Waals surface area contributed by atoms with E-state index in [0.717, 1.165) is 9.13 Å². The molecule has 0 aromatic heterocycles. The maximum absolute atomic E-state index is 11.8. The monoisotopic (exact) mass is 386 g/mol. The number of nitrogens with one attached hydrogen (secondary N) is 2. The van der Waals surface area contributed by atoms with Crippen molar-refractivity contribution in [2.75, 3.05) is 0 Å². The smallest absolute Gasteiger partial charge is 0.230 e. The summed E-state index contributed by atoms with van der Waals surface area (Å²) in [6.45, 7) is 0.447. The van der Waals surface area contributed by atoms with E-state index >= 15 is 0 Å². The second kappa shape index (κ2) is 6.83. The molecule has 20 heavy (non-hydrogen) atoms. The van der Waals surface area contributed by atoms with Crippen LogP contribution in [0.15, 0.2) is 24.3 Å². The molecule has 0 bridgehead atoms. The predicted molar refractivity (Wildman–Crippen MR) is 81.5 cm³/mol. The fourth-order valence-corrected chi connectivity index (χ4v) is 2.68. The molecule has 2 rings (SSSR count). The Kier molecular flexibility index (Phi) is 5.11. The van der Waals surface area contributed by atoms with Gasteiger partial charge in [-0.25, -0.2) is 0 Å². The van der Waals surface area contributed by atoms with Crippen molar-refractivity contribution in [2.45, 2.75) is 25.8 Å². The van der Waals surface area contributed by atoms with Gasteiger partial charge in [0.2, 0.25) is 17.7 Å². The molecule has 6 heteroatoms. The molecule has 1 unspecified atom stereocenters. The molecule has 2 N–H and O–H groups in total. The molecule has 1 aromatic rings. The van der Waals surface area contributed by atoms with E-state index < -0.39 is 5.92 Å². The van der Waals surface area contributed by atoms with E-state index in [0.29, 0.717) is 19.4 Å². The SMILES string of the molecule is O=C(CC1CCC(=O)NC1=O)NCc1cccc(I)c1. The van der Waals surface area contributed by atoms with E-state index in [4.69, 9.17) is 0 Å². The largest absolute Gasteiger partial charge is 0.352 e. The minimum atomic E-state index is -0.399. The van der Waals surface area contributed by atoms with Crippen LogP contribution >= 0.6 is 22.6 Å². The zero-order chi connectivity index (χ0) is 14.5.